The van der Waals surface area contributed by atoms with Crippen molar-refractivity contribution >= 4 is 11.8 Å². The SMILES string of the molecule is C[C@H]1C=C(Sc2ccccc2)C[C@H]2C=CCN21. The van der Waals surface area contributed by atoms with Gasteiger partial charge < -0.3 is 0 Å². The molecule has 2 aliphatic heterocycles. The number of thioether (sulfide) groups is 1. The van der Waals surface area contributed by atoms with Crippen LogP contribution in [-0.4, -0.2) is 23.5 Å². The Hall–Kier alpha value is -0.990. The molecule has 0 unspecified atom stereocenters. The van der Waals surface area contributed by atoms with E-state index in [9.17, 15) is 0 Å². The van der Waals surface area contributed by atoms with Crippen LogP contribution < -0.4 is 0 Å². The van der Waals surface area contributed by atoms with Crippen molar-refractivity contribution in [1.82, 2.24) is 4.90 Å². The highest BCUT2D eigenvalue weighted by Gasteiger charge is 2.28. The van der Waals surface area contributed by atoms with Crippen LogP contribution >= 0.6 is 11.8 Å². The molecule has 2 atom stereocenters. The average molecular weight is 243 g/mol. The van der Waals surface area contributed by atoms with Crippen LogP contribution in [-0.2, 0) is 0 Å². The largest absolute Gasteiger partial charge is 0.287 e. The Labute approximate surface area is 107 Å². The lowest BCUT2D eigenvalue weighted by atomic mass is 10.1. The Morgan fingerprint density at radius 1 is 1.24 bits per heavy atom. The Morgan fingerprint density at radius 3 is 2.88 bits per heavy atom. The zero-order valence-corrected chi connectivity index (χ0v) is 10.9. The predicted molar refractivity (Wildman–Crippen MR) is 74.1 cm³/mol. The molecule has 0 aromatic heterocycles. The molecule has 0 saturated heterocycles. The number of hydrogen-bond acceptors (Lipinski definition) is 2. The molecule has 0 saturated carbocycles. The molecule has 1 nitrogen and oxygen atoms in total. The third-order valence-electron chi connectivity index (χ3n) is 3.45. The summed E-state index contributed by atoms with van der Waals surface area (Å²) in [6.07, 6.45) is 8.24. The lowest BCUT2D eigenvalue weighted by Crippen LogP contribution is -2.39. The fourth-order valence-corrected chi connectivity index (χ4v) is 3.71. The van der Waals surface area contributed by atoms with Gasteiger partial charge in [0, 0.05) is 23.5 Å². The molecule has 0 spiro atoms. The first-order valence-corrected chi connectivity index (χ1v) is 7.00. The van der Waals surface area contributed by atoms with Crippen LogP contribution in [0.2, 0.25) is 0 Å². The van der Waals surface area contributed by atoms with Crippen molar-refractivity contribution in [3.63, 3.8) is 0 Å². The molecule has 0 N–H and O–H groups in total. The van der Waals surface area contributed by atoms with E-state index in [2.05, 4.69) is 60.4 Å². The Bertz CT molecular complexity index is 449. The highest BCUT2D eigenvalue weighted by molar-refractivity contribution is 8.03. The van der Waals surface area contributed by atoms with E-state index < -0.39 is 0 Å². The highest BCUT2D eigenvalue weighted by atomic mass is 32.2. The summed E-state index contributed by atoms with van der Waals surface area (Å²) in [4.78, 5) is 5.41. The average Bonchev–Trinajstić information content (AvgIpc) is 2.79. The quantitative estimate of drug-likeness (QED) is 0.729. The van der Waals surface area contributed by atoms with E-state index in [0.29, 0.717) is 12.1 Å². The maximum atomic E-state index is 2.55. The number of benzene rings is 1. The molecule has 17 heavy (non-hydrogen) atoms. The first-order chi connectivity index (χ1) is 8.33. The molecule has 88 valence electrons. The molecule has 2 heterocycles. The predicted octanol–water partition coefficient (Wildman–Crippen LogP) is 3.70. The molecule has 3 rings (SSSR count). The van der Waals surface area contributed by atoms with Gasteiger partial charge in [0.05, 0.1) is 0 Å². The fourth-order valence-electron chi connectivity index (χ4n) is 2.59. The summed E-state index contributed by atoms with van der Waals surface area (Å²) < 4.78 is 0. The van der Waals surface area contributed by atoms with Crippen molar-refractivity contribution in [3.05, 3.63) is 53.5 Å². The van der Waals surface area contributed by atoms with Crippen LogP contribution in [0, 0.1) is 0 Å². The molecular formula is C15H17NS. The third-order valence-corrected chi connectivity index (χ3v) is 4.53. The summed E-state index contributed by atoms with van der Waals surface area (Å²) in [6.45, 7) is 3.41. The van der Waals surface area contributed by atoms with E-state index in [0.717, 1.165) is 6.54 Å². The van der Waals surface area contributed by atoms with Crippen molar-refractivity contribution in [1.29, 1.82) is 0 Å². The molecule has 0 amide bonds. The number of fused-ring (bicyclic) bond motifs is 1. The zero-order valence-electron chi connectivity index (χ0n) is 10.0. The minimum atomic E-state index is 0.565. The van der Waals surface area contributed by atoms with Gasteiger partial charge in [-0.2, -0.15) is 0 Å². The standard InChI is InChI=1S/C15H17NS/c1-12-10-15(11-13-6-5-9-16(12)13)17-14-7-3-2-4-8-14/h2-8,10,12-13H,9,11H2,1H3/t12-,13+/m0/s1. The van der Waals surface area contributed by atoms with Crippen molar-refractivity contribution in [3.8, 4) is 0 Å². The number of hydrogen-bond donors (Lipinski definition) is 0. The van der Waals surface area contributed by atoms with Crippen LogP contribution in [0.15, 0.2) is 58.4 Å². The summed E-state index contributed by atoms with van der Waals surface area (Å²) >= 11 is 1.92. The van der Waals surface area contributed by atoms with Gasteiger partial charge in [0.2, 0.25) is 0 Å². The van der Waals surface area contributed by atoms with Crippen molar-refractivity contribution < 1.29 is 0 Å². The van der Waals surface area contributed by atoms with Gasteiger partial charge in [-0.15, -0.1) is 0 Å². The summed E-state index contributed by atoms with van der Waals surface area (Å²) in [5.41, 5.74) is 0. The minimum absolute atomic E-state index is 0.565. The van der Waals surface area contributed by atoms with E-state index in [1.807, 2.05) is 11.8 Å². The maximum absolute atomic E-state index is 2.55. The monoisotopic (exact) mass is 243 g/mol. The van der Waals surface area contributed by atoms with Gasteiger partial charge in [0.25, 0.3) is 0 Å². The smallest absolute Gasteiger partial charge is 0.0333 e. The van der Waals surface area contributed by atoms with Crippen LogP contribution in [0.4, 0.5) is 0 Å². The van der Waals surface area contributed by atoms with Crippen LogP contribution in [0.25, 0.3) is 0 Å². The first-order valence-electron chi connectivity index (χ1n) is 6.19. The van der Waals surface area contributed by atoms with Gasteiger partial charge >= 0.3 is 0 Å². The van der Waals surface area contributed by atoms with Crippen molar-refractivity contribution in [2.45, 2.75) is 30.3 Å². The Balaban J connectivity index is 1.76. The summed E-state index contributed by atoms with van der Waals surface area (Å²) in [6, 6.07) is 11.9. The molecule has 2 aliphatic rings. The van der Waals surface area contributed by atoms with Gasteiger partial charge in [-0.25, -0.2) is 0 Å². The van der Waals surface area contributed by atoms with Gasteiger partial charge in [-0.1, -0.05) is 48.2 Å². The highest BCUT2D eigenvalue weighted by Crippen LogP contribution is 2.36. The zero-order chi connectivity index (χ0) is 11.7. The first kappa shape index (κ1) is 11.1. The van der Waals surface area contributed by atoms with Gasteiger partial charge in [0.15, 0.2) is 0 Å². The minimum Gasteiger partial charge on any atom is -0.287 e. The van der Waals surface area contributed by atoms with E-state index in [4.69, 9.17) is 0 Å². The second kappa shape index (κ2) is 4.71. The fraction of sp³-hybridized carbons (Fsp3) is 0.333. The number of rotatable bonds is 2. The lowest BCUT2D eigenvalue weighted by Gasteiger charge is -2.34. The Kier molecular flexibility index (Phi) is 3.08. The van der Waals surface area contributed by atoms with E-state index in [1.54, 1.807) is 0 Å². The molecule has 0 fully saturated rings. The van der Waals surface area contributed by atoms with Crippen LogP contribution in [0.1, 0.15) is 13.3 Å². The molecule has 0 radical (unpaired) electrons. The van der Waals surface area contributed by atoms with Gasteiger partial charge in [-0.05, 0) is 30.4 Å². The summed E-state index contributed by atoms with van der Waals surface area (Å²) in [5.74, 6) is 0. The summed E-state index contributed by atoms with van der Waals surface area (Å²) in [7, 11) is 0. The normalized spacial score (nSPS) is 27.9. The summed E-state index contributed by atoms with van der Waals surface area (Å²) in [5, 5.41) is 0. The third kappa shape index (κ3) is 2.33. The molecular weight excluding hydrogens is 226 g/mol. The van der Waals surface area contributed by atoms with Crippen LogP contribution in [0.3, 0.4) is 0 Å². The van der Waals surface area contributed by atoms with Crippen LogP contribution in [0.5, 0.6) is 0 Å². The topological polar surface area (TPSA) is 3.24 Å². The molecule has 2 heteroatoms. The molecule has 0 bridgehead atoms. The number of nitrogens with zero attached hydrogens (tertiary/aromatic N) is 1. The molecule has 1 aromatic rings. The Morgan fingerprint density at radius 2 is 2.06 bits per heavy atom. The van der Waals surface area contributed by atoms with Gasteiger partial charge in [0.1, 0.15) is 0 Å². The molecule has 1 aromatic carbocycles. The van der Waals surface area contributed by atoms with E-state index in [-0.39, 0.29) is 0 Å². The van der Waals surface area contributed by atoms with E-state index in [1.165, 1.54) is 16.2 Å². The second-order valence-corrected chi connectivity index (χ2v) is 5.89. The second-order valence-electron chi connectivity index (χ2n) is 4.69. The lowest BCUT2D eigenvalue weighted by molar-refractivity contribution is 0.227. The van der Waals surface area contributed by atoms with Crippen molar-refractivity contribution in [2.75, 3.05) is 6.54 Å². The molecule has 0 aliphatic carbocycles. The maximum Gasteiger partial charge on any atom is 0.0333 e. The van der Waals surface area contributed by atoms with Crippen molar-refractivity contribution in [2.24, 2.45) is 0 Å². The van der Waals surface area contributed by atoms with Gasteiger partial charge in [-0.3, -0.25) is 4.90 Å². The van der Waals surface area contributed by atoms with E-state index >= 15 is 0 Å².